The van der Waals surface area contributed by atoms with Gasteiger partial charge in [-0.2, -0.15) is 0 Å². The zero-order valence-corrected chi connectivity index (χ0v) is 15.9. The summed E-state index contributed by atoms with van der Waals surface area (Å²) in [5.74, 6) is -0.808. The van der Waals surface area contributed by atoms with Crippen LogP contribution in [0.1, 0.15) is 46.6 Å². The van der Waals surface area contributed by atoms with Crippen molar-refractivity contribution >= 4 is 33.9 Å². The summed E-state index contributed by atoms with van der Waals surface area (Å²) in [7, 11) is 0. The van der Waals surface area contributed by atoms with Gasteiger partial charge in [0.15, 0.2) is 0 Å². The lowest BCUT2D eigenvalue weighted by molar-refractivity contribution is -0.384. The summed E-state index contributed by atoms with van der Waals surface area (Å²) >= 11 is 1.44. The monoisotopic (exact) mass is 388 g/mol. The van der Waals surface area contributed by atoms with E-state index < -0.39 is 10.9 Å². The molecule has 0 saturated carbocycles. The topological polar surface area (TPSA) is 98.5 Å². The van der Waals surface area contributed by atoms with Crippen LogP contribution in [-0.2, 0) is 29.0 Å². The van der Waals surface area contributed by atoms with Crippen molar-refractivity contribution in [1.82, 2.24) is 0 Å². The largest absolute Gasteiger partial charge is 0.457 e. The fourth-order valence-corrected chi connectivity index (χ4v) is 4.18. The summed E-state index contributed by atoms with van der Waals surface area (Å²) < 4.78 is 5.43. The molecule has 1 amide bonds. The SMILES string of the molecule is CC(C)C(=O)Nc1sc2c(c1C(=O)OCc1ccc([N+](=O)[O-])cc1)CCC2. The predicted octanol–water partition coefficient (Wildman–Crippen LogP) is 4.10. The van der Waals surface area contributed by atoms with E-state index in [0.717, 1.165) is 29.7 Å². The number of anilines is 1. The van der Waals surface area contributed by atoms with Gasteiger partial charge in [0.25, 0.3) is 5.69 Å². The first-order chi connectivity index (χ1) is 12.9. The molecule has 3 rings (SSSR count). The van der Waals surface area contributed by atoms with Crippen molar-refractivity contribution in [1.29, 1.82) is 0 Å². The molecule has 0 bridgehead atoms. The van der Waals surface area contributed by atoms with Gasteiger partial charge < -0.3 is 10.1 Å². The van der Waals surface area contributed by atoms with Crippen molar-refractivity contribution in [2.24, 2.45) is 5.92 Å². The van der Waals surface area contributed by atoms with Crippen LogP contribution in [0.5, 0.6) is 0 Å². The number of aryl methyl sites for hydroxylation is 1. The van der Waals surface area contributed by atoms with Crippen LogP contribution in [0.4, 0.5) is 10.7 Å². The molecule has 142 valence electrons. The van der Waals surface area contributed by atoms with E-state index in [1.165, 1.54) is 23.5 Å². The first-order valence-electron chi connectivity index (χ1n) is 8.72. The number of fused-ring (bicyclic) bond motifs is 1. The van der Waals surface area contributed by atoms with E-state index >= 15 is 0 Å². The van der Waals surface area contributed by atoms with E-state index in [0.29, 0.717) is 16.1 Å². The third-order valence-corrected chi connectivity index (χ3v) is 5.61. The number of amides is 1. The predicted molar refractivity (Wildman–Crippen MR) is 102 cm³/mol. The van der Waals surface area contributed by atoms with E-state index in [2.05, 4.69) is 5.32 Å². The molecule has 0 unspecified atom stereocenters. The number of nitro benzene ring substituents is 1. The van der Waals surface area contributed by atoms with E-state index in [-0.39, 0.29) is 24.1 Å². The van der Waals surface area contributed by atoms with Crippen molar-refractivity contribution in [3.8, 4) is 0 Å². The quantitative estimate of drug-likeness (QED) is 0.456. The average Bonchev–Trinajstić information content (AvgIpc) is 3.20. The number of benzene rings is 1. The average molecular weight is 388 g/mol. The van der Waals surface area contributed by atoms with Crippen molar-refractivity contribution in [2.75, 3.05) is 5.32 Å². The maximum atomic E-state index is 12.7. The van der Waals surface area contributed by atoms with Crippen LogP contribution in [0.2, 0.25) is 0 Å². The van der Waals surface area contributed by atoms with Gasteiger partial charge in [-0.05, 0) is 42.5 Å². The molecule has 1 aliphatic rings. The molecule has 1 heterocycles. The Morgan fingerprint density at radius 2 is 1.96 bits per heavy atom. The number of non-ortho nitro benzene ring substituents is 1. The minimum absolute atomic E-state index is 0.0129. The van der Waals surface area contributed by atoms with Crippen LogP contribution in [-0.4, -0.2) is 16.8 Å². The zero-order chi connectivity index (χ0) is 19.6. The van der Waals surface area contributed by atoms with Crippen LogP contribution >= 0.6 is 11.3 Å². The fraction of sp³-hybridized carbons (Fsp3) is 0.368. The Hall–Kier alpha value is -2.74. The Bertz CT molecular complexity index is 886. The highest BCUT2D eigenvalue weighted by atomic mass is 32.1. The number of rotatable bonds is 6. The summed E-state index contributed by atoms with van der Waals surface area (Å²) in [5.41, 5.74) is 2.06. The molecule has 0 aliphatic heterocycles. The number of thiophene rings is 1. The summed E-state index contributed by atoms with van der Waals surface area (Å²) in [5, 5.41) is 14.1. The van der Waals surface area contributed by atoms with E-state index in [9.17, 15) is 19.7 Å². The third kappa shape index (κ3) is 4.16. The van der Waals surface area contributed by atoms with Gasteiger partial charge in [0, 0.05) is 22.9 Å². The highest BCUT2D eigenvalue weighted by molar-refractivity contribution is 7.17. The molecular weight excluding hydrogens is 368 g/mol. The molecule has 8 heteroatoms. The number of hydrogen-bond donors (Lipinski definition) is 1. The number of nitrogens with one attached hydrogen (secondary N) is 1. The summed E-state index contributed by atoms with van der Waals surface area (Å²) in [6, 6.07) is 5.87. The first-order valence-corrected chi connectivity index (χ1v) is 9.54. The van der Waals surface area contributed by atoms with E-state index in [1.807, 2.05) is 0 Å². The maximum absolute atomic E-state index is 12.7. The highest BCUT2D eigenvalue weighted by Gasteiger charge is 2.28. The lowest BCUT2D eigenvalue weighted by Gasteiger charge is -2.10. The molecule has 0 atom stereocenters. The van der Waals surface area contributed by atoms with Gasteiger partial charge in [-0.15, -0.1) is 11.3 Å². The molecular formula is C19H20N2O5S. The number of carbonyl (C=O) groups is 2. The second kappa shape index (κ2) is 7.87. The second-order valence-corrected chi connectivity index (χ2v) is 7.81. The minimum atomic E-state index is -0.480. The number of hydrogen-bond acceptors (Lipinski definition) is 6. The first kappa shape index (κ1) is 19.0. The zero-order valence-electron chi connectivity index (χ0n) is 15.1. The number of nitrogens with zero attached hydrogens (tertiary/aromatic N) is 1. The van der Waals surface area contributed by atoms with Gasteiger partial charge in [0.2, 0.25) is 5.91 Å². The Morgan fingerprint density at radius 3 is 2.59 bits per heavy atom. The van der Waals surface area contributed by atoms with Crippen LogP contribution in [0.3, 0.4) is 0 Å². The molecule has 0 radical (unpaired) electrons. The van der Waals surface area contributed by atoms with E-state index in [4.69, 9.17) is 4.74 Å². The van der Waals surface area contributed by atoms with Crippen molar-refractivity contribution < 1.29 is 19.2 Å². The maximum Gasteiger partial charge on any atom is 0.341 e. The summed E-state index contributed by atoms with van der Waals surface area (Å²) in [6.07, 6.45) is 2.69. The molecule has 7 nitrogen and oxygen atoms in total. The molecule has 0 spiro atoms. The Labute approximate surface area is 160 Å². The van der Waals surface area contributed by atoms with Gasteiger partial charge >= 0.3 is 5.97 Å². The Morgan fingerprint density at radius 1 is 1.26 bits per heavy atom. The highest BCUT2D eigenvalue weighted by Crippen LogP contribution is 2.39. The second-order valence-electron chi connectivity index (χ2n) is 6.71. The van der Waals surface area contributed by atoms with Crippen molar-refractivity contribution in [2.45, 2.75) is 39.7 Å². The van der Waals surface area contributed by atoms with Gasteiger partial charge in [-0.3, -0.25) is 14.9 Å². The standard InChI is InChI=1S/C19H20N2O5S/c1-11(2)17(22)20-18-16(14-4-3-5-15(14)27-18)19(23)26-10-12-6-8-13(9-7-12)21(24)25/h6-9,11H,3-5,10H2,1-2H3,(H,20,22). The molecule has 0 saturated heterocycles. The number of carbonyl (C=O) groups excluding carboxylic acids is 2. The van der Waals surface area contributed by atoms with Gasteiger partial charge in [-0.25, -0.2) is 4.79 Å². The molecule has 1 N–H and O–H groups in total. The van der Waals surface area contributed by atoms with Gasteiger partial charge in [0.1, 0.15) is 11.6 Å². The van der Waals surface area contributed by atoms with Crippen LogP contribution in [0, 0.1) is 16.0 Å². The molecule has 0 fully saturated rings. The molecule has 2 aromatic rings. The third-order valence-electron chi connectivity index (χ3n) is 4.40. The van der Waals surface area contributed by atoms with E-state index in [1.54, 1.807) is 26.0 Å². The smallest absolute Gasteiger partial charge is 0.341 e. The van der Waals surface area contributed by atoms with Gasteiger partial charge in [0.05, 0.1) is 10.5 Å². The lowest BCUT2D eigenvalue weighted by atomic mass is 10.1. The van der Waals surface area contributed by atoms with Crippen LogP contribution < -0.4 is 5.32 Å². The minimum Gasteiger partial charge on any atom is -0.457 e. The summed E-state index contributed by atoms with van der Waals surface area (Å²) in [6.45, 7) is 3.60. The Balaban J connectivity index is 1.75. The van der Waals surface area contributed by atoms with Crippen molar-refractivity contribution in [3.63, 3.8) is 0 Å². The number of esters is 1. The Kier molecular flexibility index (Phi) is 5.55. The van der Waals surface area contributed by atoms with Crippen molar-refractivity contribution in [3.05, 3.63) is 55.9 Å². The fourth-order valence-electron chi connectivity index (χ4n) is 2.90. The van der Waals surface area contributed by atoms with Crippen LogP contribution in [0.25, 0.3) is 0 Å². The number of nitro groups is 1. The van der Waals surface area contributed by atoms with Crippen LogP contribution in [0.15, 0.2) is 24.3 Å². The molecule has 1 aliphatic carbocycles. The lowest BCUT2D eigenvalue weighted by Crippen LogP contribution is -2.19. The number of ether oxygens (including phenoxy) is 1. The molecule has 27 heavy (non-hydrogen) atoms. The van der Waals surface area contributed by atoms with Gasteiger partial charge in [-0.1, -0.05) is 13.8 Å². The molecule has 1 aromatic heterocycles. The normalized spacial score (nSPS) is 12.7. The molecule has 1 aromatic carbocycles. The summed E-state index contributed by atoms with van der Waals surface area (Å²) in [4.78, 5) is 36.1.